The van der Waals surface area contributed by atoms with Crippen LogP contribution in [0.2, 0.25) is 0 Å². The molecule has 4 heterocycles. The largest absolute Gasteiger partial charge is 0.454 e. The summed E-state index contributed by atoms with van der Waals surface area (Å²) in [5.41, 5.74) is 4.91. The van der Waals surface area contributed by atoms with Gasteiger partial charge in [0.2, 0.25) is 5.56 Å². The third-order valence-corrected chi connectivity index (χ3v) is 9.35. The normalized spacial score (nSPS) is 19.2. The molecule has 8 heteroatoms. The third kappa shape index (κ3) is 5.47. The highest BCUT2D eigenvalue weighted by Gasteiger charge is 2.28. The summed E-state index contributed by atoms with van der Waals surface area (Å²) in [6.07, 6.45) is 1.12. The number of hydrogen-bond acceptors (Lipinski definition) is 7. The van der Waals surface area contributed by atoms with Crippen molar-refractivity contribution in [2.45, 2.75) is 35.2 Å². The van der Waals surface area contributed by atoms with Gasteiger partial charge in [-0.3, -0.25) is 9.69 Å². The highest BCUT2D eigenvalue weighted by molar-refractivity contribution is 7.99. The summed E-state index contributed by atoms with van der Waals surface area (Å²) in [5.74, 6) is 1.61. The van der Waals surface area contributed by atoms with Gasteiger partial charge >= 0.3 is 0 Å². The fourth-order valence-electron chi connectivity index (χ4n) is 6.02. The molecule has 0 saturated carbocycles. The Morgan fingerprint density at radius 2 is 1.80 bits per heavy atom. The minimum absolute atomic E-state index is 0.121. The van der Waals surface area contributed by atoms with Gasteiger partial charge in [0, 0.05) is 61.3 Å². The van der Waals surface area contributed by atoms with E-state index in [0.29, 0.717) is 25.3 Å². The standard InChI is InChI=1S/C33H34N4O3S/c1-22(23-6-3-2-4-7-23)37-13-12-25(21-37)34-24-10-11-29-31(18-24)41-30-9-5-8-27(33(30)40-29)28-19-26(20-32(38)35-28)36-14-16-39-17-15-36/h2-11,18-20,22,25,34H,12-17,21H2,1H3,(H,35,38). The summed E-state index contributed by atoms with van der Waals surface area (Å²) in [7, 11) is 0. The maximum Gasteiger partial charge on any atom is 0.250 e. The first-order valence-corrected chi connectivity index (χ1v) is 15.2. The summed E-state index contributed by atoms with van der Waals surface area (Å²) in [4.78, 5) is 22.5. The van der Waals surface area contributed by atoms with E-state index in [0.717, 1.165) is 76.5 Å². The highest BCUT2D eigenvalue weighted by Crippen LogP contribution is 2.51. The van der Waals surface area contributed by atoms with Crippen LogP contribution in [-0.4, -0.2) is 55.3 Å². The van der Waals surface area contributed by atoms with Crippen molar-refractivity contribution in [3.8, 4) is 22.8 Å². The van der Waals surface area contributed by atoms with Gasteiger partial charge in [-0.05, 0) is 55.3 Å². The lowest BCUT2D eigenvalue weighted by molar-refractivity contribution is 0.122. The van der Waals surface area contributed by atoms with Crippen molar-refractivity contribution < 1.29 is 9.47 Å². The predicted molar refractivity (Wildman–Crippen MR) is 165 cm³/mol. The van der Waals surface area contributed by atoms with E-state index in [1.165, 1.54) is 5.56 Å². The quantitative estimate of drug-likeness (QED) is 0.247. The lowest BCUT2D eigenvalue weighted by atomic mass is 10.1. The van der Waals surface area contributed by atoms with Crippen molar-refractivity contribution in [2.75, 3.05) is 49.6 Å². The van der Waals surface area contributed by atoms with E-state index in [1.54, 1.807) is 17.8 Å². The van der Waals surface area contributed by atoms with Crippen LogP contribution in [0.3, 0.4) is 0 Å². The molecule has 0 amide bonds. The molecule has 0 radical (unpaired) electrons. The van der Waals surface area contributed by atoms with E-state index in [4.69, 9.17) is 9.47 Å². The molecule has 2 atom stereocenters. The molecule has 2 fully saturated rings. The molecule has 3 aromatic carbocycles. The fourth-order valence-corrected chi connectivity index (χ4v) is 7.04. The molecular formula is C33H34N4O3S. The monoisotopic (exact) mass is 566 g/mol. The molecule has 0 aliphatic carbocycles. The van der Waals surface area contributed by atoms with Gasteiger partial charge in [-0.1, -0.05) is 48.2 Å². The minimum Gasteiger partial charge on any atom is -0.454 e. The van der Waals surface area contributed by atoms with Gasteiger partial charge in [-0.2, -0.15) is 0 Å². The number of pyridine rings is 1. The van der Waals surface area contributed by atoms with Crippen LogP contribution < -0.4 is 20.5 Å². The van der Waals surface area contributed by atoms with E-state index < -0.39 is 0 Å². The number of aromatic nitrogens is 1. The Hall–Kier alpha value is -3.72. The van der Waals surface area contributed by atoms with E-state index in [2.05, 4.69) is 81.6 Å². The van der Waals surface area contributed by atoms with Crippen LogP contribution in [0.4, 0.5) is 11.4 Å². The zero-order valence-corrected chi connectivity index (χ0v) is 24.0. The molecule has 2 unspecified atom stereocenters. The van der Waals surface area contributed by atoms with Crippen molar-refractivity contribution in [3.63, 3.8) is 0 Å². The Bertz CT molecular complexity index is 1600. The Kier molecular flexibility index (Phi) is 7.21. The number of benzene rings is 3. The molecule has 0 spiro atoms. The minimum atomic E-state index is -0.121. The van der Waals surface area contributed by atoms with E-state index in [1.807, 2.05) is 18.2 Å². The first-order chi connectivity index (χ1) is 20.1. The number of aromatic amines is 1. The Morgan fingerprint density at radius 1 is 0.951 bits per heavy atom. The van der Waals surface area contributed by atoms with Gasteiger partial charge in [0.25, 0.3) is 0 Å². The van der Waals surface area contributed by atoms with Gasteiger partial charge in [0.15, 0.2) is 5.75 Å². The molecule has 0 bridgehead atoms. The van der Waals surface area contributed by atoms with Crippen molar-refractivity contribution in [1.82, 2.24) is 9.88 Å². The number of morpholine rings is 1. The molecule has 2 N–H and O–H groups in total. The maximum atomic E-state index is 12.6. The summed E-state index contributed by atoms with van der Waals surface area (Å²) in [6, 6.07) is 27.7. The lowest BCUT2D eigenvalue weighted by Crippen LogP contribution is -2.36. The molecule has 210 valence electrons. The average Bonchev–Trinajstić information content (AvgIpc) is 3.48. The molecule has 4 aromatic rings. The number of rotatable bonds is 6. The SMILES string of the molecule is CC(c1ccccc1)N1CCC(Nc2ccc3c(c2)Sc2cccc(-c4cc(N5CCOCC5)cc(=O)[nH]4)c2O3)C1. The van der Waals surface area contributed by atoms with E-state index >= 15 is 0 Å². The maximum absolute atomic E-state index is 12.6. The van der Waals surface area contributed by atoms with Crippen molar-refractivity contribution in [3.05, 3.63) is 94.8 Å². The zero-order valence-electron chi connectivity index (χ0n) is 23.1. The number of para-hydroxylation sites is 1. The van der Waals surface area contributed by atoms with Crippen molar-refractivity contribution in [2.24, 2.45) is 0 Å². The third-order valence-electron chi connectivity index (χ3n) is 8.27. The zero-order chi connectivity index (χ0) is 27.8. The summed E-state index contributed by atoms with van der Waals surface area (Å²) < 4.78 is 12.0. The number of H-pyrrole nitrogens is 1. The van der Waals surface area contributed by atoms with Crippen LogP contribution >= 0.6 is 11.8 Å². The molecule has 7 nitrogen and oxygen atoms in total. The molecule has 2 saturated heterocycles. The summed E-state index contributed by atoms with van der Waals surface area (Å²) in [5, 5.41) is 3.77. The van der Waals surface area contributed by atoms with Crippen LogP contribution in [0, 0.1) is 0 Å². The van der Waals surface area contributed by atoms with Crippen LogP contribution in [-0.2, 0) is 4.74 Å². The van der Waals surface area contributed by atoms with E-state index in [-0.39, 0.29) is 5.56 Å². The first-order valence-electron chi connectivity index (χ1n) is 14.4. The molecule has 7 rings (SSSR count). The first kappa shape index (κ1) is 26.2. The van der Waals surface area contributed by atoms with Gasteiger partial charge in [-0.15, -0.1) is 0 Å². The Labute approximate surface area is 244 Å². The number of hydrogen-bond donors (Lipinski definition) is 2. The van der Waals surface area contributed by atoms with Crippen molar-refractivity contribution >= 4 is 23.1 Å². The van der Waals surface area contributed by atoms with E-state index in [9.17, 15) is 4.79 Å². The number of fused-ring (bicyclic) bond motifs is 2. The number of nitrogens with one attached hydrogen (secondary N) is 2. The van der Waals surface area contributed by atoms with Gasteiger partial charge in [-0.25, -0.2) is 0 Å². The fraction of sp³-hybridized carbons (Fsp3) is 0.303. The Balaban J connectivity index is 1.08. The smallest absolute Gasteiger partial charge is 0.250 e. The molecule has 3 aliphatic heterocycles. The van der Waals surface area contributed by atoms with Gasteiger partial charge < -0.3 is 24.7 Å². The summed E-state index contributed by atoms with van der Waals surface area (Å²) in [6.45, 7) is 7.29. The second-order valence-corrected chi connectivity index (χ2v) is 12.0. The van der Waals surface area contributed by atoms with Crippen LogP contribution in [0.5, 0.6) is 11.5 Å². The molecular weight excluding hydrogens is 532 g/mol. The van der Waals surface area contributed by atoms with Gasteiger partial charge in [0.1, 0.15) is 5.75 Å². The van der Waals surface area contributed by atoms with Gasteiger partial charge in [0.05, 0.1) is 28.7 Å². The lowest BCUT2D eigenvalue weighted by Gasteiger charge is -2.29. The number of anilines is 2. The predicted octanol–water partition coefficient (Wildman–Crippen LogP) is 6.38. The number of likely N-dealkylation sites (tertiary alicyclic amines) is 1. The summed E-state index contributed by atoms with van der Waals surface area (Å²) >= 11 is 1.71. The molecule has 1 aromatic heterocycles. The number of nitrogens with zero attached hydrogens (tertiary/aromatic N) is 2. The highest BCUT2D eigenvalue weighted by atomic mass is 32.2. The van der Waals surface area contributed by atoms with Crippen molar-refractivity contribution in [1.29, 1.82) is 0 Å². The molecule has 41 heavy (non-hydrogen) atoms. The second-order valence-electron chi connectivity index (χ2n) is 10.9. The second kappa shape index (κ2) is 11.3. The molecule has 3 aliphatic rings. The number of ether oxygens (including phenoxy) is 2. The topological polar surface area (TPSA) is 69.8 Å². The Morgan fingerprint density at radius 3 is 2.66 bits per heavy atom. The van der Waals surface area contributed by atoms with Crippen LogP contribution in [0.15, 0.2) is 93.4 Å². The average molecular weight is 567 g/mol. The van der Waals surface area contributed by atoms with Crippen LogP contribution in [0.1, 0.15) is 24.9 Å². The van der Waals surface area contributed by atoms with Crippen LogP contribution in [0.25, 0.3) is 11.3 Å².